The molecule has 2 N–H and O–H groups in total. The number of imidazole rings is 1. The van der Waals surface area contributed by atoms with Crippen LogP contribution in [-0.2, 0) is 6.42 Å². The molecule has 0 aliphatic heterocycles. The van der Waals surface area contributed by atoms with Gasteiger partial charge >= 0.3 is 5.97 Å². The number of H-pyrrole nitrogens is 1. The normalized spacial score (nSPS) is 10.9. The van der Waals surface area contributed by atoms with Crippen molar-refractivity contribution in [3.63, 3.8) is 0 Å². The molecule has 0 spiro atoms. The molecule has 0 saturated carbocycles. The highest BCUT2D eigenvalue weighted by atomic mass is 16.4. The first-order valence-electron chi connectivity index (χ1n) is 5.17. The van der Waals surface area contributed by atoms with E-state index in [4.69, 9.17) is 5.11 Å². The number of aromatic nitrogens is 6. The molecule has 8 heteroatoms. The minimum atomic E-state index is -1.05. The quantitative estimate of drug-likeness (QED) is 0.678. The summed E-state index contributed by atoms with van der Waals surface area (Å²) in [7, 11) is 0. The van der Waals surface area contributed by atoms with Crippen LogP contribution in [0.2, 0.25) is 0 Å². The molecule has 8 nitrogen and oxygen atoms in total. The molecule has 3 rings (SSSR count). The van der Waals surface area contributed by atoms with Crippen LogP contribution in [0.25, 0.3) is 5.65 Å². The summed E-state index contributed by atoms with van der Waals surface area (Å²) < 4.78 is 1.71. The van der Waals surface area contributed by atoms with Crippen LogP contribution in [0.15, 0.2) is 24.4 Å². The highest BCUT2D eigenvalue weighted by Crippen LogP contribution is 2.11. The van der Waals surface area contributed by atoms with E-state index in [-0.39, 0.29) is 5.69 Å². The van der Waals surface area contributed by atoms with Crippen molar-refractivity contribution >= 4 is 11.6 Å². The lowest BCUT2D eigenvalue weighted by molar-refractivity contribution is 0.0691. The van der Waals surface area contributed by atoms with Crippen molar-refractivity contribution in [3.05, 3.63) is 41.6 Å². The predicted octanol–water partition coefficient (Wildman–Crippen LogP) is 0.136. The Balaban J connectivity index is 2.08. The number of carbonyl (C=O) groups is 1. The second kappa shape index (κ2) is 3.91. The molecule has 0 bridgehead atoms. The van der Waals surface area contributed by atoms with Gasteiger partial charge in [0.05, 0.1) is 0 Å². The summed E-state index contributed by atoms with van der Waals surface area (Å²) in [6.45, 7) is 0. The summed E-state index contributed by atoms with van der Waals surface area (Å²) in [5, 5.41) is 22.4. The Bertz CT molecular complexity index is 702. The zero-order valence-electron chi connectivity index (χ0n) is 9.11. The van der Waals surface area contributed by atoms with Crippen molar-refractivity contribution in [1.82, 2.24) is 30.0 Å². The van der Waals surface area contributed by atoms with Crippen molar-refractivity contribution in [3.8, 4) is 0 Å². The summed E-state index contributed by atoms with van der Waals surface area (Å²) >= 11 is 0. The Morgan fingerprint density at radius 1 is 1.44 bits per heavy atom. The third-order valence-electron chi connectivity index (χ3n) is 2.53. The van der Waals surface area contributed by atoms with E-state index in [1.165, 1.54) is 6.20 Å². The fraction of sp³-hybridized carbons (Fsp3) is 0.100. The Morgan fingerprint density at radius 2 is 2.33 bits per heavy atom. The summed E-state index contributed by atoms with van der Waals surface area (Å²) in [6.07, 6.45) is 1.95. The van der Waals surface area contributed by atoms with Gasteiger partial charge in [-0.1, -0.05) is 6.07 Å². The average Bonchev–Trinajstić information content (AvgIpc) is 2.97. The first-order chi connectivity index (χ1) is 8.74. The number of hydrogen-bond donors (Lipinski definition) is 2. The highest BCUT2D eigenvalue weighted by molar-refractivity contribution is 5.86. The van der Waals surface area contributed by atoms with E-state index in [1.54, 1.807) is 10.5 Å². The van der Waals surface area contributed by atoms with E-state index >= 15 is 0 Å². The molecule has 0 radical (unpaired) electrons. The van der Waals surface area contributed by atoms with Crippen LogP contribution in [0.3, 0.4) is 0 Å². The van der Waals surface area contributed by atoms with Crippen LogP contribution in [-0.4, -0.2) is 41.1 Å². The molecule has 0 atom stereocenters. The van der Waals surface area contributed by atoms with Crippen molar-refractivity contribution in [2.75, 3.05) is 0 Å². The number of fused-ring (bicyclic) bond motifs is 1. The largest absolute Gasteiger partial charge is 0.476 e. The monoisotopic (exact) mass is 244 g/mol. The van der Waals surface area contributed by atoms with Gasteiger partial charge in [-0.25, -0.2) is 14.9 Å². The number of carboxylic acids is 1. The summed E-state index contributed by atoms with van der Waals surface area (Å²) in [6, 6.07) is 5.42. The van der Waals surface area contributed by atoms with Gasteiger partial charge in [-0.05, 0) is 22.6 Å². The first-order valence-corrected chi connectivity index (χ1v) is 5.17. The van der Waals surface area contributed by atoms with Gasteiger partial charge in [-0.2, -0.15) is 0 Å². The van der Waals surface area contributed by atoms with Gasteiger partial charge in [0.2, 0.25) is 0 Å². The molecule has 0 unspecified atom stereocenters. The lowest BCUT2D eigenvalue weighted by Gasteiger charge is -2.01. The molecule has 0 aromatic carbocycles. The van der Waals surface area contributed by atoms with E-state index in [1.807, 2.05) is 12.1 Å². The smallest absolute Gasteiger partial charge is 0.356 e. The van der Waals surface area contributed by atoms with Gasteiger partial charge in [0, 0.05) is 18.3 Å². The molecule has 0 saturated heterocycles. The molecule has 18 heavy (non-hydrogen) atoms. The number of pyridine rings is 1. The van der Waals surface area contributed by atoms with Crippen LogP contribution >= 0.6 is 0 Å². The fourth-order valence-corrected chi connectivity index (χ4v) is 1.74. The van der Waals surface area contributed by atoms with Crippen molar-refractivity contribution in [2.45, 2.75) is 6.42 Å². The van der Waals surface area contributed by atoms with E-state index in [0.717, 1.165) is 5.69 Å². The summed E-state index contributed by atoms with van der Waals surface area (Å²) in [5.41, 5.74) is 1.45. The van der Waals surface area contributed by atoms with Crippen molar-refractivity contribution in [1.29, 1.82) is 0 Å². The van der Waals surface area contributed by atoms with Crippen LogP contribution in [0.4, 0.5) is 0 Å². The van der Waals surface area contributed by atoms with E-state index < -0.39 is 5.97 Å². The van der Waals surface area contributed by atoms with Crippen LogP contribution in [0, 0.1) is 0 Å². The molecule has 0 amide bonds. The number of nitrogens with one attached hydrogen (secondary N) is 1. The lowest BCUT2D eigenvalue weighted by atomic mass is 10.2. The molecule has 3 aromatic rings. The van der Waals surface area contributed by atoms with E-state index in [0.29, 0.717) is 17.9 Å². The van der Waals surface area contributed by atoms with Crippen LogP contribution in [0.5, 0.6) is 0 Å². The SMILES string of the molecule is O=C(O)c1cn2c(Cc3nnn[nH]3)cccc2n1. The van der Waals surface area contributed by atoms with Crippen molar-refractivity contribution < 1.29 is 9.90 Å². The van der Waals surface area contributed by atoms with Crippen LogP contribution < -0.4 is 0 Å². The average molecular weight is 244 g/mol. The second-order valence-electron chi connectivity index (χ2n) is 3.70. The third-order valence-corrected chi connectivity index (χ3v) is 2.53. The van der Waals surface area contributed by atoms with Gasteiger partial charge in [0.25, 0.3) is 0 Å². The number of hydrogen-bond acceptors (Lipinski definition) is 5. The number of rotatable bonds is 3. The molecule has 0 fully saturated rings. The Kier molecular flexibility index (Phi) is 2.26. The Morgan fingerprint density at radius 3 is 3.06 bits per heavy atom. The number of aromatic amines is 1. The zero-order valence-corrected chi connectivity index (χ0v) is 9.11. The van der Waals surface area contributed by atoms with Gasteiger partial charge < -0.3 is 9.51 Å². The molecular weight excluding hydrogens is 236 g/mol. The zero-order chi connectivity index (χ0) is 12.5. The highest BCUT2D eigenvalue weighted by Gasteiger charge is 2.11. The first kappa shape index (κ1) is 10.4. The Hall–Kier alpha value is -2.77. The topological polar surface area (TPSA) is 109 Å². The molecule has 0 aliphatic carbocycles. The standard InChI is InChI=1S/C10H8N6O2/c17-10(18)7-5-16-6(2-1-3-9(16)11-7)4-8-12-14-15-13-8/h1-3,5H,4H2,(H,17,18)(H,12,13,14,15). The van der Waals surface area contributed by atoms with Gasteiger partial charge in [0.15, 0.2) is 11.5 Å². The molecular formula is C10H8N6O2. The van der Waals surface area contributed by atoms with Crippen molar-refractivity contribution in [2.24, 2.45) is 0 Å². The predicted molar refractivity (Wildman–Crippen MR) is 59.1 cm³/mol. The number of nitrogens with zero attached hydrogens (tertiary/aromatic N) is 5. The van der Waals surface area contributed by atoms with E-state index in [9.17, 15) is 4.79 Å². The summed E-state index contributed by atoms with van der Waals surface area (Å²) in [5.74, 6) is -0.445. The maximum absolute atomic E-state index is 10.9. The van der Waals surface area contributed by atoms with Crippen LogP contribution in [0.1, 0.15) is 22.0 Å². The van der Waals surface area contributed by atoms with Gasteiger partial charge in [-0.15, -0.1) is 5.10 Å². The van der Waals surface area contributed by atoms with E-state index in [2.05, 4.69) is 25.6 Å². The molecule has 90 valence electrons. The fourth-order valence-electron chi connectivity index (χ4n) is 1.74. The molecule has 3 heterocycles. The maximum atomic E-state index is 10.9. The number of aromatic carboxylic acids is 1. The minimum absolute atomic E-state index is 0.0122. The maximum Gasteiger partial charge on any atom is 0.356 e. The summed E-state index contributed by atoms with van der Waals surface area (Å²) in [4.78, 5) is 14.9. The third kappa shape index (κ3) is 1.69. The van der Waals surface area contributed by atoms with Gasteiger partial charge in [0.1, 0.15) is 5.65 Å². The molecule has 0 aliphatic rings. The lowest BCUT2D eigenvalue weighted by Crippen LogP contribution is -1.99. The second-order valence-corrected chi connectivity index (χ2v) is 3.70. The van der Waals surface area contributed by atoms with Gasteiger partial charge in [-0.3, -0.25) is 0 Å². The number of tetrazole rings is 1. The Labute approximate surface area is 100 Å². The number of carboxylic acid groups (broad SMARTS) is 1. The molecule has 3 aromatic heterocycles. The minimum Gasteiger partial charge on any atom is -0.476 e.